The van der Waals surface area contributed by atoms with Crippen LogP contribution in [-0.4, -0.2) is 50.2 Å². The molecule has 0 fully saturated rings. The quantitative estimate of drug-likeness (QED) is 0.597. The van der Waals surface area contributed by atoms with Crippen LogP contribution >= 0.6 is 23.1 Å². The summed E-state index contributed by atoms with van der Waals surface area (Å²) in [4.78, 5) is 27.2. The van der Waals surface area contributed by atoms with E-state index in [4.69, 9.17) is 0 Å². The van der Waals surface area contributed by atoms with Crippen LogP contribution < -0.4 is 5.32 Å². The fourth-order valence-corrected chi connectivity index (χ4v) is 3.81. The number of rotatable bonds is 8. The first-order valence-corrected chi connectivity index (χ1v) is 10.0. The second kappa shape index (κ2) is 8.81. The van der Waals surface area contributed by atoms with Crippen LogP contribution in [0.15, 0.2) is 47.1 Å². The van der Waals surface area contributed by atoms with E-state index in [2.05, 4.69) is 15.5 Å². The van der Waals surface area contributed by atoms with Crippen molar-refractivity contribution in [3.8, 4) is 0 Å². The molecule has 0 aliphatic carbocycles. The molecule has 0 saturated carbocycles. The van der Waals surface area contributed by atoms with Gasteiger partial charge in [-0.25, -0.2) is 0 Å². The molecule has 3 rings (SSSR count). The Morgan fingerprint density at radius 2 is 2.15 bits per heavy atom. The number of carbonyl (C=O) groups is 2. The number of nitrogens with zero attached hydrogens (tertiary/aromatic N) is 4. The number of aromatic nitrogens is 3. The molecule has 0 aromatic carbocycles. The average molecular weight is 390 g/mol. The lowest BCUT2D eigenvalue weighted by atomic mass is 10.4. The fourth-order valence-electron chi connectivity index (χ4n) is 2.34. The summed E-state index contributed by atoms with van der Waals surface area (Å²) in [5.41, 5.74) is 0.739. The second-order valence-electron chi connectivity index (χ2n) is 5.46. The molecule has 0 saturated heterocycles. The van der Waals surface area contributed by atoms with E-state index < -0.39 is 0 Å². The van der Waals surface area contributed by atoms with Gasteiger partial charge in [0.15, 0.2) is 10.8 Å². The smallest absolute Gasteiger partial charge is 0.239 e. The van der Waals surface area contributed by atoms with Gasteiger partial charge in [0, 0.05) is 17.6 Å². The van der Waals surface area contributed by atoms with Crippen molar-refractivity contribution in [1.82, 2.24) is 24.8 Å². The topological polar surface area (TPSA) is 79.6 Å². The number of carbonyl (C=O) groups excluding carboxylic acids is 2. The summed E-state index contributed by atoms with van der Waals surface area (Å²) in [5, 5.41) is 13.6. The third kappa shape index (κ3) is 4.61. The number of nitrogens with one attached hydrogen (secondary N) is 1. The van der Waals surface area contributed by atoms with Gasteiger partial charge < -0.3 is 10.2 Å². The van der Waals surface area contributed by atoms with Crippen molar-refractivity contribution in [2.75, 3.05) is 18.8 Å². The van der Waals surface area contributed by atoms with E-state index in [1.807, 2.05) is 53.2 Å². The molecule has 0 atom stereocenters. The molecule has 136 valence electrons. The highest BCUT2D eigenvalue weighted by Gasteiger charge is 2.17. The third-order valence-electron chi connectivity index (χ3n) is 3.72. The maximum Gasteiger partial charge on any atom is 0.239 e. The molecule has 0 spiro atoms. The lowest BCUT2D eigenvalue weighted by Gasteiger charge is -2.20. The van der Waals surface area contributed by atoms with E-state index in [9.17, 15) is 9.59 Å². The summed E-state index contributed by atoms with van der Waals surface area (Å²) < 4.78 is 1.84. The van der Waals surface area contributed by atoms with E-state index in [0.717, 1.165) is 10.5 Å². The minimum Gasteiger partial charge on any atom is -0.350 e. The third-order valence-corrected chi connectivity index (χ3v) is 5.52. The zero-order valence-electron chi connectivity index (χ0n) is 14.3. The lowest BCUT2D eigenvalue weighted by molar-refractivity contribution is -0.133. The zero-order chi connectivity index (χ0) is 18.4. The Labute approximate surface area is 159 Å². The van der Waals surface area contributed by atoms with E-state index in [0.29, 0.717) is 18.2 Å². The maximum atomic E-state index is 12.4. The molecule has 1 N–H and O–H groups in total. The van der Waals surface area contributed by atoms with Crippen molar-refractivity contribution < 1.29 is 9.59 Å². The first kappa shape index (κ1) is 18.4. The predicted molar refractivity (Wildman–Crippen MR) is 102 cm³/mol. The van der Waals surface area contributed by atoms with Gasteiger partial charge in [-0.1, -0.05) is 23.9 Å². The molecule has 26 heavy (non-hydrogen) atoms. The van der Waals surface area contributed by atoms with Crippen molar-refractivity contribution >= 4 is 40.6 Å². The minimum atomic E-state index is -0.161. The first-order valence-electron chi connectivity index (χ1n) is 8.16. The maximum absolute atomic E-state index is 12.4. The van der Waals surface area contributed by atoms with Crippen LogP contribution in [0.25, 0.3) is 5.65 Å². The largest absolute Gasteiger partial charge is 0.350 e. The number of hydrogen-bond donors (Lipinski definition) is 1. The fraction of sp³-hybridized carbons (Fsp3) is 0.294. The number of likely N-dealkylation sites (N-methyl/N-ethyl adjacent to an activating group) is 1. The molecule has 3 heterocycles. The van der Waals surface area contributed by atoms with Gasteiger partial charge in [-0.15, -0.1) is 21.5 Å². The number of fused-ring (bicyclic) bond motifs is 1. The van der Waals surface area contributed by atoms with Crippen molar-refractivity contribution in [2.24, 2.45) is 0 Å². The van der Waals surface area contributed by atoms with Gasteiger partial charge in [0.05, 0.1) is 18.8 Å². The molecule has 3 aromatic heterocycles. The summed E-state index contributed by atoms with van der Waals surface area (Å²) >= 11 is 2.90. The van der Waals surface area contributed by atoms with Crippen molar-refractivity contribution in [1.29, 1.82) is 0 Å². The molecule has 9 heteroatoms. The van der Waals surface area contributed by atoms with Gasteiger partial charge in [0.2, 0.25) is 11.8 Å². The standard InChI is InChI=1S/C17H19N5O2S2/c1-2-21(11-15(23)18-10-13-6-5-9-25-13)16(24)12-26-17-20-19-14-7-3-4-8-22(14)17/h3-9H,2,10-12H2,1H3,(H,18,23). The average Bonchev–Trinajstić information content (AvgIpc) is 3.32. The molecule has 0 aliphatic heterocycles. The van der Waals surface area contributed by atoms with Crippen LogP contribution in [0.5, 0.6) is 0 Å². The molecular weight excluding hydrogens is 370 g/mol. The molecule has 3 aromatic rings. The number of thioether (sulfide) groups is 1. The van der Waals surface area contributed by atoms with Crippen LogP contribution in [0.4, 0.5) is 0 Å². The van der Waals surface area contributed by atoms with Crippen molar-refractivity contribution in [2.45, 2.75) is 18.6 Å². The summed E-state index contributed by atoms with van der Waals surface area (Å²) in [6, 6.07) is 9.54. The predicted octanol–water partition coefficient (Wildman–Crippen LogP) is 2.05. The van der Waals surface area contributed by atoms with Crippen LogP contribution in [0.2, 0.25) is 0 Å². The molecule has 0 aliphatic rings. The molecule has 0 radical (unpaired) electrons. The zero-order valence-corrected chi connectivity index (χ0v) is 15.9. The highest BCUT2D eigenvalue weighted by Crippen LogP contribution is 2.17. The van der Waals surface area contributed by atoms with Gasteiger partial charge in [-0.05, 0) is 30.5 Å². The van der Waals surface area contributed by atoms with Crippen LogP contribution in [0.1, 0.15) is 11.8 Å². The van der Waals surface area contributed by atoms with Crippen molar-refractivity contribution in [3.63, 3.8) is 0 Å². The number of amides is 2. The number of thiophene rings is 1. The second-order valence-corrected chi connectivity index (χ2v) is 7.44. The van der Waals surface area contributed by atoms with Crippen LogP contribution in [0, 0.1) is 0 Å². The minimum absolute atomic E-state index is 0.0574. The van der Waals surface area contributed by atoms with Crippen molar-refractivity contribution in [3.05, 3.63) is 46.8 Å². The summed E-state index contributed by atoms with van der Waals surface area (Å²) in [5.74, 6) is -0.0511. The molecular formula is C17H19N5O2S2. The Balaban J connectivity index is 1.50. The Kier molecular flexibility index (Phi) is 6.24. The molecule has 0 bridgehead atoms. The van der Waals surface area contributed by atoms with Crippen LogP contribution in [-0.2, 0) is 16.1 Å². The summed E-state index contributed by atoms with van der Waals surface area (Å²) in [6.45, 7) is 2.89. The highest BCUT2D eigenvalue weighted by molar-refractivity contribution is 7.99. The van der Waals surface area contributed by atoms with Crippen LogP contribution in [0.3, 0.4) is 0 Å². The van der Waals surface area contributed by atoms with Gasteiger partial charge in [-0.3, -0.25) is 14.0 Å². The van der Waals surface area contributed by atoms with E-state index in [-0.39, 0.29) is 24.1 Å². The van der Waals surface area contributed by atoms with E-state index in [1.165, 1.54) is 11.8 Å². The number of pyridine rings is 1. The first-order chi connectivity index (χ1) is 12.7. The monoisotopic (exact) mass is 389 g/mol. The van der Waals surface area contributed by atoms with E-state index >= 15 is 0 Å². The van der Waals surface area contributed by atoms with Gasteiger partial charge >= 0.3 is 0 Å². The summed E-state index contributed by atoms with van der Waals surface area (Å²) in [6.07, 6.45) is 1.86. The van der Waals surface area contributed by atoms with Gasteiger partial charge in [0.1, 0.15) is 0 Å². The molecule has 0 unspecified atom stereocenters. The SMILES string of the molecule is CCN(CC(=O)NCc1cccs1)C(=O)CSc1nnc2ccccn12. The van der Waals surface area contributed by atoms with Gasteiger partial charge in [-0.2, -0.15) is 0 Å². The normalized spacial score (nSPS) is 10.8. The summed E-state index contributed by atoms with van der Waals surface area (Å²) in [7, 11) is 0. The molecule has 7 nitrogen and oxygen atoms in total. The lowest BCUT2D eigenvalue weighted by Crippen LogP contribution is -2.41. The Morgan fingerprint density at radius 3 is 2.92 bits per heavy atom. The Hall–Kier alpha value is -2.39. The molecule has 2 amide bonds. The Morgan fingerprint density at radius 1 is 1.27 bits per heavy atom. The Bertz CT molecular complexity index is 878. The van der Waals surface area contributed by atoms with Gasteiger partial charge in [0.25, 0.3) is 0 Å². The van der Waals surface area contributed by atoms with E-state index in [1.54, 1.807) is 16.2 Å². The number of hydrogen-bond acceptors (Lipinski definition) is 6. The highest BCUT2D eigenvalue weighted by atomic mass is 32.2.